The van der Waals surface area contributed by atoms with Gasteiger partial charge in [-0.05, 0) is 64.9 Å². The van der Waals surface area contributed by atoms with Crippen LogP contribution in [0.15, 0.2) is 12.3 Å². The third-order valence-corrected chi connectivity index (χ3v) is 11.0. The second-order valence-corrected chi connectivity index (χ2v) is 13.5. The van der Waals surface area contributed by atoms with Crippen LogP contribution in [0.1, 0.15) is 68.2 Å². The zero-order valence-corrected chi connectivity index (χ0v) is 21.4. The quantitative estimate of drug-likeness (QED) is 0.175. The van der Waals surface area contributed by atoms with Crippen LogP contribution in [-0.4, -0.2) is 43.2 Å². The van der Waals surface area contributed by atoms with Crippen LogP contribution in [0.25, 0.3) is 0 Å². The van der Waals surface area contributed by atoms with Crippen LogP contribution in [0.2, 0.25) is 24.7 Å². The number of allylic oxidation sites excluding steroid dienone is 1. The zero-order chi connectivity index (χ0) is 21.2. The predicted molar refractivity (Wildman–Crippen MR) is 119 cm³/mol. The van der Waals surface area contributed by atoms with Gasteiger partial charge in [0.15, 0.2) is 6.29 Å². The van der Waals surface area contributed by atoms with Gasteiger partial charge >= 0.3 is 17.1 Å². The lowest BCUT2D eigenvalue weighted by Crippen LogP contribution is -2.41. The molecule has 0 fully saturated rings. The molecule has 0 aromatic carbocycles. The molecule has 27 heavy (non-hydrogen) atoms. The molecular weight excluding hydrogens is 376 g/mol. The van der Waals surface area contributed by atoms with Crippen LogP contribution in [0.4, 0.5) is 0 Å². The van der Waals surface area contributed by atoms with E-state index in [-0.39, 0.29) is 6.29 Å². The summed E-state index contributed by atoms with van der Waals surface area (Å²) in [4.78, 5) is 0. The topological polar surface area (TPSA) is 46.2 Å². The maximum Gasteiger partial charge on any atom is 0.337 e. The third-order valence-electron chi connectivity index (χ3n) is 4.06. The van der Waals surface area contributed by atoms with Crippen molar-refractivity contribution < 1.29 is 22.4 Å². The Balaban J connectivity index is 0. The Kier molecular flexibility index (Phi) is 19.2. The minimum Gasteiger partial charge on any atom is -0.474 e. The molecule has 0 amide bonds. The van der Waals surface area contributed by atoms with Crippen molar-refractivity contribution in [2.75, 3.05) is 19.8 Å². The van der Waals surface area contributed by atoms with E-state index in [1.54, 1.807) is 6.26 Å². The maximum absolute atomic E-state index is 5.91. The molecule has 0 bridgehead atoms. The van der Waals surface area contributed by atoms with Crippen LogP contribution in [-0.2, 0) is 22.4 Å². The van der Waals surface area contributed by atoms with Crippen molar-refractivity contribution in [1.82, 2.24) is 0 Å². The normalized spacial score (nSPS) is 15.1. The third kappa shape index (κ3) is 14.5. The van der Waals surface area contributed by atoms with Crippen LogP contribution >= 0.6 is 0 Å². The van der Waals surface area contributed by atoms with E-state index in [0.717, 1.165) is 44.2 Å². The molecule has 0 aliphatic heterocycles. The van der Waals surface area contributed by atoms with Crippen molar-refractivity contribution in [2.45, 2.75) is 99.2 Å². The van der Waals surface area contributed by atoms with E-state index in [9.17, 15) is 0 Å². The summed E-state index contributed by atoms with van der Waals surface area (Å²) in [5.41, 5.74) is 0. The van der Waals surface area contributed by atoms with Gasteiger partial charge < -0.3 is 22.4 Å². The van der Waals surface area contributed by atoms with Crippen LogP contribution in [0.3, 0.4) is 0 Å². The lowest BCUT2D eigenvalue weighted by molar-refractivity contribution is -0.0408. The van der Waals surface area contributed by atoms with Gasteiger partial charge in [0.2, 0.25) is 0 Å². The van der Waals surface area contributed by atoms with Crippen molar-refractivity contribution in [3.63, 3.8) is 0 Å². The second kappa shape index (κ2) is 17.9. The number of rotatable bonds is 15. The molecule has 0 aromatic rings. The van der Waals surface area contributed by atoms with E-state index in [0.29, 0.717) is 6.61 Å². The van der Waals surface area contributed by atoms with Crippen LogP contribution in [0, 0.1) is 0 Å². The molecule has 0 radical (unpaired) electrons. The highest BCUT2D eigenvalue weighted by atomic mass is 28.4. The van der Waals surface area contributed by atoms with Crippen molar-refractivity contribution in [2.24, 2.45) is 0 Å². The summed E-state index contributed by atoms with van der Waals surface area (Å²) in [6.45, 7) is 20.9. The molecule has 0 heterocycles. The fourth-order valence-corrected chi connectivity index (χ4v) is 7.85. The van der Waals surface area contributed by atoms with E-state index in [2.05, 4.69) is 34.2 Å². The summed E-state index contributed by atoms with van der Waals surface area (Å²) in [5.74, 6) is 0. The highest BCUT2D eigenvalue weighted by Gasteiger charge is 2.33. The minimum atomic E-state index is -2.03. The monoisotopic (exact) mass is 422 g/mol. The highest BCUT2D eigenvalue weighted by Crippen LogP contribution is 2.19. The Hall–Kier alpha value is -0.186. The largest absolute Gasteiger partial charge is 0.474 e. The van der Waals surface area contributed by atoms with Gasteiger partial charge in [0.1, 0.15) is 0 Å². The molecule has 0 aliphatic rings. The van der Waals surface area contributed by atoms with Gasteiger partial charge in [0, 0.05) is 19.8 Å². The average Bonchev–Trinajstić information content (AvgIpc) is 2.62. The summed E-state index contributed by atoms with van der Waals surface area (Å²) in [6, 6.07) is 3.13. The molecule has 5 nitrogen and oxygen atoms in total. The Morgan fingerprint density at radius 3 is 1.70 bits per heavy atom. The molecule has 0 aromatic heterocycles. The Labute approximate surface area is 171 Å². The lowest BCUT2D eigenvalue weighted by Gasteiger charge is -2.29. The van der Waals surface area contributed by atoms with Gasteiger partial charge in [-0.3, -0.25) is 0 Å². The molecule has 164 valence electrons. The molecule has 2 atom stereocenters. The molecule has 0 N–H and O–H groups in total. The van der Waals surface area contributed by atoms with Gasteiger partial charge in [0.05, 0.1) is 6.26 Å². The van der Waals surface area contributed by atoms with E-state index in [4.69, 9.17) is 22.4 Å². The van der Waals surface area contributed by atoms with E-state index in [1.807, 2.05) is 33.8 Å². The first-order valence-corrected chi connectivity index (χ1v) is 15.5. The number of hydrogen-bond acceptors (Lipinski definition) is 5. The van der Waals surface area contributed by atoms with E-state index in [1.165, 1.54) is 0 Å². The molecule has 7 heteroatoms. The fourth-order valence-electron chi connectivity index (χ4n) is 2.79. The van der Waals surface area contributed by atoms with E-state index >= 15 is 0 Å². The molecule has 0 spiro atoms. The molecule has 0 rings (SSSR count). The van der Waals surface area contributed by atoms with E-state index < -0.39 is 17.1 Å². The average molecular weight is 423 g/mol. The van der Waals surface area contributed by atoms with Crippen molar-refractivity contribution in [1.29, 1.82) is 0 Å². The smallest absolute Gasteiger partial charge is 0.337 e. The maximum atomic E-state index is 5.91. The van der Waals surface area contributed by atoms with Gasteiger partial charge in [-0.15, -0.1) is 0 Å². The van der Waals surface area contributed by atoms with Crippen LogP contribution < -0.4 is 0 Å². The lowest BCUT2D eigenvalue weighted by atomic mass is 10.5. The summed E-state index contributed by atoms with van der Waals surface area (Å²) in [7, 11) is -3.78. The summed E-state index contributed by atoms with van der Waals surface area (Å²) in [5, 5.41) is 0. The van der Waals surface area contributed by atoms with Crippen molar-refractivity contribution in [3.05, 3.63) is 12.3 Å². The first kappa shape index (κ1) is 29.0. The molecule has 0 saturated heterocycles. The molecule has 2 unspecified atom stereocenters. The minimum absolute atomic E-state index is 0.224. The summed E-state index contributed by atoms with van der Waals surface area (Å²) >= 11 is 0. The number of ether oxygens (including phenoxy) is 1. The SMILES string of the molecule is CCC=COC(C)O[Si](C)(CCC)OCC.CCO[Si](CC)(CC)OCC. The predicted octanol–water partition coefficient (Wildman–Crippen LogP) is 6.35. The summed E-state index contributed by atoms with van der Waals surface area (Å²) in [6.07, 6.45) is 5.51. The Morgan fingerprint density at radius 1 is 0.815 bits per heavy atom. The van der Waals surface area contributed by atoms with Crippen molar-refractivity contribution >= 4 is 17.1 Å². The second-order valence-electron chi connectivity index (χ2n) is 6.40. The number of hydrogen-bond donors (Lipinski definition) is 0. The van der Waals surface area contributed by atoms with Gasteiger partial charge in [-0.2, -0.15) is 0 Å². The molecular formula is C20H46O5Si2. The zero-order valence-electron chi connectivity index (χ0n) is 19.4. The molecule has 0 aliphatic carbocycles. The first-order valence-electron chi connectivity index (χ1n) is 10.7. The standard InChI is InChI=1S/C12H26O3Si.C8H20O2Si/c1-6-9-10-13-12(4)15-16(5,11-7-2)14-8-3;1-5-9-11(7-3,8-4)10-6-2/h9-10,12H,6-8,11H2,1-5H3;5-8H2,1-4H3. The molecule has 0 saturated carbocycles. The van der Waals surface area contributed by atoms with Gasteiger partial charge in [-0.25, -0.2) is 0 Å². The Morgan fingerprint density at radius 2 is 1.33 bits per heavy atom. The van der Waals surface area contributed by atoms with Crippen LogP contribution in [0.5, 0.6) is 0 Å². The fraction of sp³-hybridized carbons (Fsp3) is 0.900. The summed E-state index contributed by atoms with van der Waals surface area (Å²) < 4.78 is 28.5. The Bertz CT molecular complexity index is 335. The van der Waals surface area contributed by atoms with Crippen molar-refractivity contribution in [3.8, 4) is 0 Å². The van der Waals surface area contributed by atoms with Gasteiger partial charge in [0.25, 0.3) is 0 Å². The van der Waals surface area contributed by atoms with Gasteiger partial charge in [-0.1, -0.05) is 34.1 Å². The highest BCUT2D eigenvalue weighted by molar-refractivity contribution is 6.67. The first-order chi connectivity index (χ1) is 12.8.